The molecule has 2 heterocycles. The summed E-state index contributed by atoms with van der Waals surface area (Å²) >= 11 is 0. The molecule has 0 bridgehead atoms. The number of nitrogens with zero attached hydrogens (tertiary/aromatic N) is 3. The second-order valence-corrected chi connectivity index (χ2v) is 7.45. The van der Waals surface area contributed by atoms with E-state index in [1.54, 1.807) is 37.6 Å². The second-order valence-electron chi connectivity index (χ2n) is 7.45. The normalized spacial score (nSPS) is 11.4. The van der Waals surface area contributed by atoms with Crippen LogP contribution >= 0.6 is 0 Å². The number of benzene rings is 1. The first-order valence-electron chi connectivity index (χ1n) is 10.8. The van der Waals surface area contributed by atoms with E-state index >= 15 is 0 Å². The molecular weight excluding hydrogens is 454 g/mol. The Balaban J connectivity index is 1.83. The van der Waals surface area contributed by atoms with Gasteiger partial charge >= 0.3 is 5.97 Å². The first kappa shape index (κ1) is 25.1. The summed E-state index contributed by atoms with van der Waals surface area (Å²) in [6.07, 6.45) is 3.20. The zero-order chi connectivity index (χ0) is 25.4. The number of carbonyl (C=O) groups is 3. The van der Waals surface area contributed by atoms with Gasteiger partial charge in [0.15, 0.2) is 0 Å². The van der Waals surface area contributed by atoms with Gasteiger partial charge in [0.05, 0.1) is 19.6 Å². The van der Waals surface area contributed by atoms with E-state index in [0.29, 0.717) is 5.75 Å². The summed E-state index contributed by atoms with van der Waals surface area (Å²) in [7, 11) is 1.56. The largest absolute Gasteiger partial charge is 0.497 e. The van der Waals surface area contributed by atoms with Crippen LogP contribution in [-0.4, -0.2) is 56.6 Å². The molecule has 1 unspecified atom stereocenters. The number of amides is 2. The molecule has 2 aromatic heterocycles. The quantitative estimate of drug-likeness (QED) is 0.340. The maximum atomic E-state index is 13.0. The molecule has 3 rings (SSSR count). The van der Waals surface area contributed by atoms with Crippen LogP contribution in [0.15, 0.2) is 48.8 Å². The van der Waals surface area contributed by atoms with Crippen LogP contribution in [0.25, 0.3) is 0 Å². The van der Waals surface area contributed by atoms with Gasteiger partial charge < -0.3 is 25.6 Å². The number of carbonyl (C=O) groups excluding carboxylic acids is 2. The molecule has 0 spiro atoms. The van der Waals surface area contributed by atoms with Gasteiger partial charge in [0.2, 0.25) is 11.7 Å². The lowest BCUT2D eigenvalue weighted by molar-refractivity contribution is -0.136. The van der Waals surface area contributed by atoms with Crippen molar-refractivity contribution in [1.82, 2.24) is 25.6 Å². The number of carboxylic acid groups (broad SMARTS) is 1. The molecule has 1 aromatic carbocycles. The Bertz CT molecular complexity index is 1150. The van der Waals surface area contributed by atoms with Crippen molar-refractivity contribution in [1.29, 1.82) is 0 Å². The van der Waals surface area contributed by atoms with E-state index in [4.69, 9.17) is 9.84 Å². The number of methoxy groups -OCH3 is 1. The first-order chi connectivity index (χ1) is 16.8. The molecule has 0 aliphatic rings. The fraction of sp³-hybridized carbons (Fsp3) is 0.250. The highest BCUT2D eigenvalue weighted by atomic mass is 16.5. The number of pyridine rings is 1. The molecule has 11 nitrogen and oxygen atoms in total. The minimum atomic E-state index is -1.08. The summed E-state index contributed by atoms with van der Waals surface area (Å²) in [4.78, 5) is 47.6. The van der Waals surface area contributed by atoms with Crippen molar-refractivity contribution >= 4 is 17.8 Å². The number of ether oxygens (including phenoxy) is 1. The van der Waals surface area contributed by atoms with Gasteiger partial charge in [-0.1, -0.05) is 25.1 Å². The van der Waals surface area contributed by atoms with E-state index < -0.39 is 35.5 Å². The summed E-state index contributed by atoms with van der Waals surface area (Å²) in [5.74, 6) is -2.94. The van der Waals surface area contributed by atoms with Gasteiger partial charge in [0.1, 0.15) is 11.3 Å². The first-order valence-corrected chi connectivity index (χ1v) is 10.8. The van der Waals surface area contributed by atoms with Crippen molar-refractivity contribution in [2.45, 2.75) is 25.8 Å². The summed E-state index contributed by atoms with van der Waals surface area (Å²) in [5.41, 5.74) is 2.14. The number of rotatable bonds is 10. The van der Waals surface area contributed by atoms with Crippen LogP contribution in [0.3, 0.4) is 0 Å². The number of hydrogen-bond acceptors (Lipinski definition) is 8. The summed E-state index contributed by atoms with van der Waals surface area (Å²) in [5, 5.41) is 24.1. The van der Waals surface area contributed by atoms with Gasteiger partial charge in [0, 0.05) is 24.6 Å². The summed E-state index contributed by atoms with van der Waals surface area (Å²) in [6.45, 7) is 1.86. The Morgan fingerprint density at radius 3 is 2.29 bits per heavy atom. The lowest BCUT2D eigenvalue weighted by atomic mass is 9.99. The highest BCUT2D eigenvalue weighted by molar-refractivity contribution is 5.97. The van der Waals surface area contributed by atoms with Crippen LogP contribution in [-0.2, 0) is 11.2 Å². The number of aliphatic carboxylic acids is 1. The van der Waals surface area contributed by atoms with E-state index in [1.165, 1.54) is 0 Å². The van der Waals surface area contributed by atoms with Gasteiger partial charge in [-0.2, -0.15) is 4.98 Å². The predicted octanol–water partition coefficient (Wildman–Crippen LogP) is 1.87. The molecule has 2 amide bonds. The molecule has 35 heavy (non-hydrogen) atoms. The minimum absolute atomic E-state index is 0.130. The lowest BCUT2D eigenvalue weighted by Gasteiger charge is -2.20. The van der Waals surface area contributed by atoms with Crippen molar-refractivity contribution in [3.05, 3.63) is 77.0 Å². The molecule has 0 radical (unpaired) electrons. The van der Waals surface area contributed by atoms with Crippen molar-refractivity contribution in [3.8, 4) is 11.6 Å². The number of aromatic nitrogens is 3. The van der Waals surface area contributed by atoms with Crippen LogP contribution in [0.4, 0.5) is 0 Å². The molecule has 11 heteroatoms. The van der Waals surface area contributed by atoms with E-state index in [2.05, 4.69) is 25.6 Å². The highest BCUT2D eigenvalue weighted by Gasteiger charge is 2.23. The molecule has 3 aromatic rings. The predicted molar refractivity (Wildman–Crippen MR) is 124 cm³/mol. The average Bonchev–Trinajstić information content (AvgIpc) is 2.87. The Morgan fingerprint density at radius 2 is 1.71 bits per heavy atom. The minimum Gasteiger partial charge on any atom is -0.497 e. The van der Waals surface area contributed by atoms with E-state index in [0.717, 1.165) is 29.4 Å². The van der Waals surface area contributed by atoms with E-state index in [1.807, 2.05) is 19.1 Å². The maximum absolute atomic E-state index is 13.0. The molecule has 0 aliphatic heterocycles. The van der Waals surface area contributed by atoms with Gasteiger partial charge in [-0.25, -0.2) is 4.98 Å². The van der Waals surface area contributed by atoms with Crippen LogP contribution in [0.2, 0.25) is 0 Å². The zero-order valence-corrected chi connectivity index (χ0v) is 19.2. The molecule has 0 fully saturated rings. The van der Waals surface area contributed by atoms with Gasteiger partial charge in [0.25, 0.3) is 11.8 Å². The standard InChI is InChI=1S/C24H25N5O6/c1-3-16-7-4-15(12-26-16)20(14-5-8-17(35-2)9-6-14)28-22(32)18-13-27-21(29-23(18)33)24(34)25-11-10-19(30)31/h4-9,12-13,20H,3,10-11H2,1-2H3,(H,25,34)(H,28,32)(H,30,31)(H,27,29,33). The second kappa shape index (κ2) is 11.5. The number of aromatic hydroxyl groups is 1. The van der Waals surface area contributed by atoms with Crippen molar-refractivity contribution in [3.63, 3.8) is 0 Å². The topological polar surface area (TPSA) is 164 Å². The van der Waals surface area contributed by atoms with Gasteiger partial charge in [-0.15, -0.1) is 0 Å². The number of nitrogens with one attached hydrogen (secondary N) is 2. The fourth-order valence-corrected chi connectivity index (χ4v) is 3.18. The van der Waals surface area contributed by atoms with Crippen LogP contribution in [0, 0.1) is 0 Å². The van der Waals surface area contributed by atoms with Crippen LogP contribution in [0.5, 0.6) is 11.6 Å². The number of carboxylic acids is 1. The SMILES string of the molecule is CCc1ccc(C(NC(=O)c2cnc(C(=O)NCCC(=O)O)nc2O)c2ccc(OC)cc2)cn1. The molecule has 0 aliphatic carbocycles. The zero-order valence-electron chi connectivity index (χ0n) is 19.2. The van der Waals surface area contributed by atoms with Gasteiger partial charge in [-0.05, 0) is 35.7 Å². The van der Waals surface area contributed by atoms with Crippen molar-refractivity contribution in [2.24, 2.45) is 0 Å². The molecule has 182 valence electrons. The maximum Gasteiger partial charge on any atom is 0.305 e. The molecular formula is C24H25N5O6. The smallest absolute Gasteiger partial charge is 0.305 e. The Labute approximate surface area is 201 Å². The van der Waals surface area contributed by atoms with E-state index in [9.17, 15) is 19.5 Å². The third-order valence-corrected chi connectivity index (χ3v) is 5.11. The Kier molecular flexibility index (Phi) is 8.28. The van der Waals surface area contributed by atoms with Crippen molar-refractivity contribution < 1.29 is 29.3 Å². The van der Waals surface area contributed by atoms with Crippen LogP contribution in [0.1, 0.15) is 57.2 Å². The van der Waals surface area contributed by atoms with Crippen LogP contribution < -0.4 is 15.4 Å². The third-order valence-electron chi connectivity index (χ3n) is 5.11. The summed E-state index contributed by atoms with van der Waals surface area (Å²) < 4.78 is 5.21. The lowest BCUT2D eigenvalue weighted by Crippen LogP contribution is -2.31. The molecule has 1 atom stereocenters. The fourth-order valence-electron chi connectivity index (χ4n) is 3.18. The molecule has 0 saturated heterocycles. The average molecular weight is 479 g/mol. The number of hydrogen-bond donors (Lipinski definition) is 4. The van der Waals surface area contributed by atoms with Crippen molar-refractivity contribution in [2.75, 3.05) is 13.7 Å². The Hall–Kier alpha value is -4.54. The van der Waals surface area contributed by atoms with E-state index in [-0.39, 0.29) is 18.5 Å². The molecule has 4 N–H and O–H groups in total. The highest BCUT2D eigenvalue weighted by Crippen LogP contribution is 2.25. The Morgan fingerprint density at radius 1 is 1.00 bits per heavy atom. The summed E-state index contributed by atoms with van der Waals surface area (Å²) in [6, 6.07) is 10.3. The third kappa shape index (κ3) is 6.50. The number of aryl methyl sites for hydroxylation is 1. The monoisotopic (exact) mass is 479 g/mol. The van der Waals surface area contributed by atoms with Gasteiger partial charge in [-0.3, -0.25) is 19.4 Å². The molecule has 0 saturated carbocycles.